The van der Waals surface area contributed by atoms with Gasteiger partial charge in [0, 0.05) is 25.4 Å². The lowest BCUT2D eigenvalue weighted by Crippen LogP contribution is -2.37. The number of hydrogen-bond acceptors (Lipinski definition) is 3. The molecule has 0 heterocycles. The predicted molar refractivity (Wildman–Crippen MR) is 77.4 cm³/mol. The largest absolute Gasteiger partial charge is 0.380 e. The molecule has 4 heteroatoms. The number of carbonyl (C=O) groups is 1. The average Bonchev–Trinajstić information content (AvgIpc) is 2.41. The molecule has 0 radical (unpaired) electrons. The summed E-state index contributed by atoms with van der Waals surface area (Å²) in [6, 6.07) is 8.19. The molecule has 2 unspecified atom stereocenters. The van der Waals surface area contributed by atoms with Crippen LogP contribution in [0.2, 0.25) is 0 Å². The quantitative estimate of drug-likeness (QED) is 0.877. The second kappa shape index (κ2) is 6.57. The average molecular weight is 262 g/mol. The van der Waals surface area contributed by atoms with Crippen molar-refractivity contribution in [3.05, 3.63) is 24.3 Å². The normalized spacial score (nSPS) is 22.8. The highest BCUT2D eigenvalue weighted by Crippen LogP contribution is 2.24. The van der Waals surface area contributed by atoms with E-state index in [-0.39, 0.29) is 5.91 Å². The van der Waals surface area contributed by atoms with Crippen LogP contribution in [0.1, 0.15) is 32.6 Å². The maximum atomic E-state index is 11.0. The van der Waals surface area contributed by atoms with Crippen molar-refractivity contribution in [2.45, 2.75) is 44.8 Å². The monoisotopic (exact) mass is 262 g/mol. The van der Waals surface area contributed by atoms with Gasteiger partial charge in [0.2, 0.25) is 5.91 Å². The summed E-state index contributed by atoms with van der Waals surface area (Å²) >= 11 is 0. The van der Waals surface area contributed by atoms with Crippen LogP contribution in [-0.2, 0) is 9.53 Å². The van der Waals surface area contributed by atoms with Gasteiger partial charge in [0.15, 0.2) is 0 Å². The van der Waals surface area contributed by atoms with Gasteiger partial charge < -0.3 is 15.4 Å². The first-order valence-electron chi connectivity index (χ1n) is 6.86. The summed E-state index contributed by atoms with van der Waals surface area (Å²) in [5, 5.41) is 6.29. The number of benzene rings is 1. The summed E-state index contributed by atoms with van der Waals surface area (Å²) < 4.78 is 5.53. The smallest absolute Gasteiger partial charge is 0.221 e. The van der Waals surface area contributed by atoms with E-state index >= 15 is 0 Å². The van der Waals surface area contributed by atoms with Gasteiger partial charge in [-0.15, -0.1) is 0 Å². The summed E-state index contributed by atoms with van der Waals surface area (Å²) in [7, 11) is 1.78. The van der Waals surface area contributed by atoms with Gasteiger partial charge in [-0.25, -0.2) is 0 Å². The molecule has 1 saturated carbocycles. The zero-order valence-electron chi connectivity index (χ0n) is 11.6. The van der Waals surface area contributed by atoms with Crippen molar-refractivity contribution in [2.75, 3.05) is 17.7 Å². The minimum Gasteiger partial charge on any atom is -0.380 e. The van der Waals surface area contributed by atoms with Crippen LogP contribution in [0.25, 0.3) is 0 Å². The fraction of sp³-hybridized carbons (Fsp3) is 0.533. The first kappa shape index (κ1) is 13.9. The third kappa shape index (κ3) is 3.96. The standard InChI is InChI=1S/C15H22N2O2/c1-11(18)16-12-7-9-13(10-8-12)17-14-5-3-4-6-15(14)19-2/h7-10,14-15,17H,3-6H2,1-2H3,(H,16,18). The third-order valence-electron chi connectivity index (χ3n) is 3.56. The third-order valence-corrected chi connectivity index (χ3v) is 3.56. The van der Waals surface area contributed by atoms with Crippen molar-refractivity contribution >= 4 is 17.3 Å². The van der Waals surface area contributed by atoms with Gasteiger partial charge in [-0.05, 0) is 37.1 Å². The fourth-order valence-electron chi connectivity index (χ4n) is 2.61. The van der Waals surface area contributed by atoms with Crippen molar-refractivity contribution in [1.82, 2.24) is 0 Å². The minimum atomic E-state index is -0.0487. The lowest BCUT2D eigenvalue weighted by atomic mass is 9.92. The van der Waals surface area contributed by atoms with E-state index in [2.05, 4.69) is 10.6 Å². The van der Waals surface area contributed by atoms with E-state index < -0.39 is 0 Å². The van der Waals surface area contributed by atoms with Gasteiger partial charge in [-0.2, -0.15) is 0 Å². The molecule has 1 fully saturated rings. The fourth-order valence-corrected chi connectivity index (χ4v) is 2.61. The van der Waals surface area contributed by atoms with Crippen LogP contribution in [0.15, 0.2) is 24.3 Å². The molecule has 1 aliphatic rings. The Labute approximate surface area is 114 Å². The number of amides is 1. The Balaban J connectivity index is 1.96. The maximum absolute atomic E-state index is 11.0. The second-order valence-electron chi connectivity index (χ2n) is 5.07. The molecule has 4 nitrogen and oxygen atoms in total. The lowest BCUT2D eigenvalue weighted by Gasteiger charge is -2.31. The Morgan fingerprint density at radius 3 is 2.42 bits per heavy atom. The molecule has 1 aromatic rings. The molecule has 2 atom stereocenters. The Hall–Kier alpha value is -1.55. The summed E-state index contributed by atoms with van der Waals surface area (Å²) in [4.78, 5) is 11.0. The molecule has 1 amide bonds. The molecule has 0 aliphatic heterocycles. The van der Waals surface area contributed by atoms with Crippen LogP contribution < -0.4 is 10.6 Å². The molecular weight excluding hydrogens is 240 g/mol. The number of nitrogens with one attached hydrogen (secondary N) is 2. The zero-order valence-corrected chi connectivity index (χ0v) is 11.6. The van der Waals surface area contributed by atoms with Gasteiger partial charge in [-0.1, -0.05) is 12.8 Å². The number of ether oxygens (including phenoxy) is 1. The van der Waals surface area contributed by atoms with Crippen LogP contribution in [-0.4, -0.2) is 25.2 Å². The first-order chi connectivity index (χ1) is 9.19. The van der Waals surface area contributed by atoms with E-state index in [4.69, 9.17) is 4.74 Å². The topological polar surface area (TPSA) is 50.4 Å². The Kier molecular flexibility index (Phi) is 4.80. The number of carbonyl (C=O) groups excluding carboxylic acids is 1. The summed E-state index contributed by atoms with van der Waals surface area (Å²) in [5.41, 5.74) is 1.90. The highest BCUT2D eigenvalue weighted by atomic mass is 16.5. The molecular formula is C15H22N2O2. The van der Waals surface area contributed by atoms with Crippen molar-refractivity contribution in [3.63, 3.8) is 0 Å². The van der Waals surface area contributed by atoms with E-state index in [1.165, 1.54) is 19.8 Å². The molecule has 0 bridgehead atoms. The van der Waals surface area contributed by atoms with Gasteiger partial charge in [-0.3, -0.25) is 4.79 Å². The van der Waals surface area contributed by atoms with Gasteiger partial charge >= 0.3 is 0 Å². The van der Waals surface area contributed by atoms with Gasteiger partial charge in [0.25, 0.3) is 0 Å². The van der Waals surface area contributed by atoms with Crippen molar-refractivity contribution in [1.29, 1.82) is 0 Å². The van der Waals surface area contributed by atoms with E-state index in [9.17, 15) is 4.79 Å². The van der Waals surface area contributed by atoms with E-state index in [1.54, 1.807) is 7.11 Å². The molecule has 0 saturated heterocycles. The van der Waals surface area contributed by atoms with Crippen molar-refractivity contribution in [3.8, 4) is 0 Å². The Bertz CT molecular complexity index is 417. The molecule has 1 aliphatic carbocycles. The van der Waals surface area contributed by atoms with Crippen LogP contribution in [0.3, 0.4) is 0 Å². The molecule has 2 N–H and O–H groups in total. The van der Waals surface area contributed by atoms with E-state index in [1.807, 2.05) is 24.3 Å². The van der Waals surface area contributed by atoms with Crippen molar-refractivity contribution in [2.24, 2.45) is 0 Å². The number of methoxy groups -OCH3 is 1. The van der Waals surface area contributed by atoms with Gasteiger partial charge in [0.05, 0.1) is 12.1 Å². The van der Waals surface area contributed by atoms with Crippen LogP contribution in [0.5, 0.6) is 0 Å². The van der Waals surface area contributed by atoms with Crippen molar-refractivity contribution < 1.29 is 9.53 Å². The summed E-state index contributed by atoms with van der Waals surface area (Å²) in [5.74, 6) is -0.0487. The molecule has 19 heavy (non-hydrogen) atoms. The summed E-state index contributed by atoms with van der Waals surface area (Å²) in [6.45, 7) is 1.51. The summed E-state index contributed by atoms with van der Waals surface area (Å²) in [6.07, 6.45) is 5.06. The zero-order chi connectivity index (χ0) is 13.7. The lowest BCUT2D eigenvalue weighted by molar-refractivity contribution is -0.114. The van der Waals surface area contributed by atoms with E-state index in [0.717, 1.165) is 24.2 Å². The SMILES string of the molecule is COC1CCCCC1Nc1ccc(NC(C)=O)cc1. The Morgan fingerprint density at radius 2 is 1.79 bits per heavy atom. The van der Waals surface area contributed by atoms with Gasteiger partial charge in [0.1, 0.15) is 0 Å². The predicted octanol–water partition coefficient (Wildman–Crippen LogP) is 3.01. The number of hydrogen-bond donors (Lipinski definition) is 2. The second-order valence-corrected chi connectivity index (χ2v) is 5.07. The number of anilines is 2. The molecule has 2 rings (SSSR count). The van der Waals surface area contributed by atoms with Crippen LogP contribution >= 0.6 is 0 Å². The number of rotatable bonds is 4. The van der Waals surface area contributed by atoms with E-state index in [0.29, 0.717) is 12.1 Å². The molecule has 0 spiro atoms. The molecule has 1 aromatic carbocycles. The highest BCUT2D eigenvalue weighted by molar-refractivity contribution is 5.88. The molecule has 0 aromatic heterocycles. The first-order valence-corrected chi connectivity index (χ1v) is 6.86. The highest BCUT2D eigenvalue weighted by Gasteiger charge is 2.24. The van der Waals surface area contributed by atoms with Crippen LogP contribution in [0, 0.1) is 0 Å². The van der Waals surface area contributed by atoms with Crippen LogP contribution in [0.4, 0.5) is 11.4 Å². The minimum absolute atomic E-state index is 0.0487. The Morgan fingerprint density at radius 1 is 1.16 bits per heavy atom. The molecule has 104 valence electrons. The maximum Gasteiger partial charge on any atom is 0.221 e.